The van der Waals surface area contributed by atoms with E-state index in [0.717, 1.165) is 36.9 Å². The zero-order valence-electron chi connectivity index (χ0n) is 26.4. The molecule has 10 heteroatoms. The zero-order valence-corrected chi connectivity index (χ0v) is 27.2. The molecule has 0 saturated carbocycles. The Kier molecular flexibility index (Phi) is 15.1. The van der Waals surface area contributed by atoms with Gasteiger partial charge in [0.2, 0.25) is 0 Å². The highest BCUT2D eigenvalue weighted by Crippen LogP contribution is 2.20. The maximum Gasteiger partial charge on any atom is 0.336 e. The number of hydrogen-bond acceptors (Lipinski definition) is 7. The maximum absolute atomic E-state index is 13.5. The second-order valence-corrected chi connectivity index (χ2v) is 11.4. The highest BCUT2D eigenvalue weighted by Gasteiger charge is 2.38. The lowest BCUT2D eigenvalue weighted by Crippen LogP contribution is -2.50. The fraction of sp³-hybridized carbons (Fsp3) is 0.457. The Labute approximate surface area is 270 Å². The Balaban J connectivity index is 1.50. The number of aliphatic carboxylic acids is 1. The van der Waals surface area contributed by atoms with Gasteiger partial charge in [-0.25, -0.2) is 9.59 Å². The van der Waals surface area contributed by atoms with Crippen LogP contribution in [0.4, 0.5) is 5.69 Å². The first-order valence-electron chi connectivity index (χ1n) is 15.5. The van der Waals surface area contributed by atoms with Crippen LogP contribution < -0.4 is 5.32 Å². The van der Waals surface area contributed by atoms with Gasteiger partial charge in [0.05, 0.1) is 6.61 Å². The minimum absolute atomic E-state index is 0.130. The largest absolute Gasteiger partial charge is 0.479 e. The van der Waals surface area contributed by atoms with Crippen LogP contribution in [0.2, 0.25) is 5.02 Å². The summed E-state index contributed by atoms with van der Waals surface area (Å²) in [7, 11) is 1.63. The molecule has 0 saturated heterocycles. The van der Waals surface area contributed by atoms with Crippen molar-refractivity contribution in [3.8, 4) is 0 Å². The summed E-state index contributed by atoms with van der Waals surface area (Å²) in [5.41, 5.74) is 3.17. The predicted octanol–water partition coefficient (Wildman–Crippen LogP) is 6.28. The van der Waals surface area contributed by atoms with Crippen LogP contribution in [0.1, 0.15) is 50.2 Å². The van der Waals surface area contributed by atoms with Gasteiger partial charge in [0.25, 0.3) is 5.91 Å². The number of benzene rings is 3. The first kappa shape index (κ1) is 35.8. The molecule has 3 rings (SSSR count). The van der Waals surface area contributed by atoms with Crippen LogP contribution in [0, 0.1) is 6.92 Å². The van der Waals surface area contributed by atoms with Crippen molar-refractivity contribution in [1.82, 2.24) is 4.90 Å². The minimum atomic E-state index is -1.66. The van der Waals surface area contributed by atoms with E-state index in [0.29, 0.717) is 31.0 Å². The fourth-order valence-electron chi connectivity index (χ4n) is 4.89. The molecule has 0 aromatic heterocycles. The Morgan fingerprint density at radius 3 is 2.42 bits per heavy atom. The standard InChI is InChI=1S/C35H45ClN2O7/c1-4-43-31(39)24-45-33(35(41)42)32(44-21-11-9-19-37-29-18-15-25(2)30(36)23-29)34(40)38(3)20-10-5-6-12-26-16-17-27-13-7-8-14-28(27)22-26/h7-8,13-18,22-23,32-33,37H,4-6,9-12,19-21,24H2,1-3H3,(H,41,42). The van der Waals surface area contributed by atoms with Crippen LogP contribution in [-0.2, 0) is 35.0 Å². The highest BCUT2D eigenvalue weighted by atomic mass is 35.5. The van der Waals surface area contributed by atoms with Crippen LogP contribution in [-0.4, -0.2) is 80.0 Å². The Bertz CT molecular complexity index is 1400. The topological polar surface area (TPSA) is 114 Å². The summed E-state index contributed by atoms with van der Waals surface area (Å²) in [5.74, 6) is -2.61. The number of carbonyl (C=O) groups excluding carboxylic acids is 2. The SMILES string of the molecule is CCOC(=O)COC(C(=O)O)C(OCCCCNc1ccc(C)c(Cl)c1)C(=O)N(C)CCCCCc1ccc2ccccc2c1. The van der Waals surface area contributed by atoms with Crippen LogP contribution in [0.15, 0.2) is 60.7 Å². The fourth-order valence-corrected chi connectivity index (χ4v) is 5.07. The number of nitrogens with zero attached hydrogens (tertiary/aromatic N) is 1. The summed E-state index contributed by atoms with van der Waals surface area (Å²) >= 11 is 6.19. The van der Waals surface area contributed by atoms with E-state index in [-0.39, 0.29) is 13.2 Å². The molecular weight excluding hydrogens is 596 g/mol. The molecular formula is C35H45ClN2O7. The van der Waals surface area contributed by atoms with Gasteiger partial charge >= 0.3 is 11.9 Å². The van der Waals surface area contributed by atoms with Gasteiger partial charge in [-0.3, -0.25) is 4.79 Å². The zero-order chi connectivity index (χ0) is 32.6. The molecule has 2 atom stereocenters. The van der Waals surface area contributed by atoms with Crippen molar-refractivity contribution < 1.29 is 33.7 Å². The summed E-state index contributed by atoms with van der Waals surface area (Å²) in [5, 5.41) is 16.3. The van der Waals surface area contributed by atoms with Crippen molar-refractivity contribution in [2.75, 3.05) is 45.3 Å². The summed E-state index contributed by atoms with van der Waals surface area (Å²) in [6.07, 6.45) is 1.75. The van der Waals surface area contributed by atoms with Crippen LogP contribution in [0.5, 0.6) is 0 Å². The molecule has 244 valence electrons. The number of carboxylic acid groups (broad SMARTS) is 1. The lowest BCUT2D eigenvalue weighted by atomic mass is 10.0. The lowest BCUT2D eigenvalue weighted by Gasteiger charge is -2.28. The van der Waals surface area contributed by atoms with Gasteiger partial charge in [0, 0.05) is 37.5 Å². The third-order valence-electron chi connectivity index (χ3n) is 7.47. The molecule has 45 heavy (non-hydrogen) atoms. The van der Waals surface area contributed by atoms with Crippen molar-refractivity contribution >= 4 is 45.9 Å². The number of unbranched alkanes of at least 4 members (excludes halogenated alkanes) is 3. The number of ether oxygens (including phenoxy) is 3. The van der Waals surface area contributed by atoms with Crippen molar-refractivity contribution in [3.05, 3.63) is 76.8 Å². The molecule has 3 aromatic rings. The molecule has 0 bridgehead atoms. The average Bonchev–Trinajstić information content (AvgIpc) is 3.02. The van der Waals surface area contributed by atoms with E-state index in [1.54, 1.807) is 14.0 Å². The number of amides is 1. The second kappa shape index (κ2) is 19.0. The first-order chi connectivity index (χ1) is 21.7. The molecule has 2 N–H and O–H groups in total. The quantitative estimate of drug-likeness (QED) is 0.110. The Morgan fingerprint density at radius 2 is 1.69 bits per heavy atom. The van der Waals surface area contributed by atoms with Crippen molar-refractivity contribution in [2.24, 2.45) is 0 Å². The molecule has 0 aliphatic rings. The maximum atomic E-state index is 13.5. The highest BCUT2D eigenvalue weighted by molar-refractivity contribution is 6.31. The molecule has 2 unspecified atom stereocenters. The lowest BCUT2D eigenvalue weighted by molar-refractivity contribution is -0.177. The van der Waals surface area contributed by atoms with Crippen LogP contribution in [0.25, 0.3) is 10.8 Å². The normalized spacial score (nSPS) is 12.4. The number of hydrogen-bond donors (Lipinski definition) is 2. The third kappa shape index (κ3) is 12.0. The minimum Gasteiger partial charge on any atom is -0.479 e. The molecule has 0 aliphatic carbocycles. The number of carbonyl (C=O) groups is 3. The van der Waals surface area contributed by atoms with Gasteiger partial charge in [-0.15, -0.1) is 0 Å². The molecule has 0 radical (unpaired) electrons. The molecule has 0 spiro atoms. The van der Waals surface area contributed by atoms with Gasteiger partial charge in [-0.1, -0.05) is 66.6 Å². The van der Waals surface area contributed by atoms with Crippen molar-refractivity contribution in [3.63, 3.8) is 0 Å². The number of rotatable bonds is 20. The third-order valence-corrected chi connectivity index (χ3v) is 7.87. The van der Waals surface area contributed by atoms with E-state index in [1.165, 1.54) is 21.2 Å². The van der Waals surface area contributed by atoms with Crippen LogP contribution >= 0.6 is 11.6 Å². The number of halogens is 1. The van der Waals surface area contributed by atoms with Crippen LogP contribution in [0.3, 0.4) is 0 Å². The first-order valence-corrected chi connectivity index (χ1v) is 15.9. The van der Waals surface area contributed by atoms with Gasteiger partial charge in [0.15, 0.2) is 12.2 Å². The van der Waals surface area contributed by atoms with Gasteiger partial charge in [-0.2, -0.15) is 0 Å². The van der Waals surface area contributed by atoms with E-state index >= 15 is 0 Å². The number of aryl methyl sites for hydroxylation is 2. The van der Waals surface area contributed by atoms with Gasteiger partial charge in [-0.05, 0) is 80.0 Å². The predicted molar refractivity (Wildman–Crippen MR) is 177 cm³/mol. The smallest absolute Gasteiger partial charge is 0.336 e. The summed E-state index contributed by atoms with van der Waals surface area (Å²) in [6.45, 7) is 4.32. The van der Waals surface area contributed by atoms with E-state index in [9.17, 15) is 19.5 Å². The van der Waals surface area contributed by atoms with Gasteiger partial charge in [0.1, 0.15) is 6.61 Å². The Hall–Kier alpha value is -3.66. The van der Waals surface area contributed by atoms with Crippen molar-refractivity contribution in [2.45, 2.75) is 64.6 Å². The van der Waals surface area contributed by atoms with E-state index < -0.39 is 36.7 Å². The second-order valence-electron chi connectivity index (χ2n) is 11.0. The van der Waals surface area contributed by atoms with Gasteiger partial charge < -0.3 is 29.5 Å². The number of fused-ring (bicyclic) bond motifs is 1. The molecule has 0 heterocycles. The number of carboxylic acids is 1. The monoisotopic (exact) mass is 640 g/mol. The summed E-state index contributed by atoms with van der Waals surface area (Å²) in [6, 6.07) is 20.5. The average molecular weight is 641 g/mol. The Morgan fingerprint density at radius 1 is 0.911 bits per heavy atom. The number of anilines is 1. The summed E-state index contributed by atoms with van der Waals surface area (Å²) < 4.78 is 16.1. The van der Waals surface area contributed by atoms with E-state index in [1.807, 2.05) is 37.3 Å². The molecule has 0 aliphatic heterocycles. The molecule has 1 amide bonds. The summed E-state index contributed by atoms with van der Waals surface area (Å²) in [4.78, 5) is 38.9. The molecule has 9 nitrogen and oxygen atoms in total. The number of esters is 1. The molecule has 3 aromatic carbocycles. The number of likely N-dealkylation sites (N-methyl/N-ethyl adjacent to an activating group) is 1. The van der Waals surface area contributed by atoms with Crippen molar-refractivity contribution in [1.29, 1.82) is 0 Å². The van der Waals surface area contributed by atoms with E-state index in [4.69, 9.17) is 25.8 Å². The number of nitrogens with one attached hydrogen (secondary N) is 1. The van der Waals surface area contributed by atoms with E-state index in [2.05, 4.69) is 35.6 Å². The molecule has 0 fully saturated rings.